The Balaban J connectivity index is 2.29. The Kier molecular flexibility index (Phi) is 5.62. The number of hydrogen-bond donors (Lipinski definition) is 2. The quantitative estimate of drug-likeness (QED) is 0.616. The van der Waals surface area contributed by atoms with Crippen molar-refractivity contribution < 1.29 is 0 Å². The van der Waals surface area contributed by atoms with Crippen molar-refractivity contribution in [1.82, 2.24) is 5.32 Å². The highest BCUT2D eigenvalue weighted by atomic mass is 15.0. The van der Waals surface area contributed by atoms with Crippen LogP contribution >= 0.6 is 0 Å². The average Bonchev–Trinajstić information content (AvgIpc) is 3.02. The molecule has 2 nitrogen and oxygen atoms in total. The van der Waals surface area contributed by atoms with Gasteiger partial charge in [0.05, 0.1) is 0 Å². The van der Waals surface area contributed by atoms with Crippen LogP contribution in [0.3, 0.4) is 0 Å². The summed E-state index contributed by atoms with van der Waals surface area (Å²) in [6.07, 6.45) is 9.18. The molecule has 1 saturated carbocycles. The zero-order valence-electron chi connectivity index (χ0n) is 10.5. The monoisotopic (exact) mass is 212 g/mol. The summed E-state index contributed by atoms with van der Waals surface area (Å²) in [5.74, 6) is 1.02. The molecule has 0 aliphatic heterocycles. The molecule has 1 aliphatic carbocycles. The van der Waals surface area contributed by atoms with E-state index in [1.807, 2.05) is 0 Å². The minimum Gasteiger partial charge on any atom is -0.329 e. The second kappa shape index (κ2) is 6.49. The third-order valence-electron chi connectivity index (χ3n) is 3.60. The Morgan fingerprint density at radius 1 is 1.20 bits per heavy atom. The van der Waals surface area contributed by atoms with Crippen LogP contribution in [0.1, 0.15) is 58.8 Å². The van der Waals surface area contributed by atoms with Crippen molar-refractivity contribution in [1.29, 1.82) is 0 Å². The zero-order valence-corrected chi connectivity index (χ0v) is 10.5. The fourth-order valence-corrected chi connectivity index (χ4v) is 2.48. The van der Waals surface area contributed by atoms with E-state index in [-0.39, 0.29) is 5.54 Å². The lowest BCUT2D eigenvalue weighted by atomic mass is 9.88. The van der Waals surface area contributed by atoms with Crippen LogP contribution in [0.2, 0.25) is 0 Å². The first-order valence-electron chi connectivity index (χ1n) is 6.71. The predicted molar refractivity (Wildman–Crippen MR) is 66.9 cm³/mol. The van der Waals surface area contributed by atoms with Crippen molar-refractivity contribution in [2.45, 2.75) is 64.3 Å². The molecule has 0 aromatic rings. The van der Waals surface area contributed by atoms with Gasteiger partial charge in [-0.1, -0.05) is 39.5 Å². The number of nitrogens with one attached hydrogen (secondary N) is 1. The van der Waals surface area contributed by atoms with Gasteiger partial charge in [0.25, 0.3) is 0 Å². The molecule has 0 radical (unpaired) electrons. The van der Waals surface area contributed by atoms with Gasteiger partial charge in [0.15, 0.2) is 0 Å². The molecule has 0 aromatic heterocycles. The maximum Gasteiger partial charge on any atom is 0.0303 e. The molecule has 0 saturated heterocycles. The van der Waals surface area contributed by atoms with Crippen LogP contribution in [0, 0.1) is 5.92 Å². The molecule has 0 atom stereocenters. The maximum absolute atomic E-state index is 5.95. The van der Waals surface area contributed by atoms with Crippen molar-refractivity contribution in [2.24, 2.45) is 11.7 Å². The van der Waals surface area contributed by atoms with Gasteiger partial charge < -0.3 is 11.1 Å². The highest BCUT2D eigenvalue weighted by Crippen LogP contribution is 2.32. The maximum atomic E-state index is 5.95. The summed E-state index contributed by atoms with van der Waals surface area (Å²) in [6, 6.07) is 0. The van der Waals surface area contributed by atoms with E-state index in [4.69, 9.17) is 5.73 Å². The summed E-state index contributed by atoms with van der Waals surface area (Å²) in [6.45, 7) is 6.46. The van der Waals surface area contributed by atoms with Crippen molar-refractivity contribution >= 4 is 0 Å². The molecule has 1 fully saturated rings. The van der Waals surface area contributed by atoms with E-state index >= 15 is 0 Å². The summed E-state index contributed by atoms with van der Waals surface area (Å²) in [4.78, 5) is 0. The Hall–Kier alpha value is -0.0800. The second-order valence-electron chi connectivity index (χ2n) is 5.14. The lowest BCUT2D eigenvalue weighted by Gasteiger charge is -2.33. The van der Waals surface area contributed by atoms with Crippen molar-refractivity contribution in [3.63, 3.8) is 0 Å². The summed E-state index contributed by atoms with van der Waals surface area (Å²) >= 11 is 0. The van der Waals surface area contributed by atoms with Crippen LogP contribution in [0.4, 0.5) is 0 Å². The summed E-state index contributed by atoms with van der Waals surface area (Å²) in [7, 11) is 0. The van der Waals surface area contributed by atoms with E-state index < -0.39 is 0 Å². The Morgan fingerprint density at radius 2 is 1.80 bits per heavy atom. The number of rotatable bonds is 9. The Bertz CT molecular complexity index is 158. The molecule has 15 heavy (non-hydrogen) atoms. The molecule has 0 amide bonds. The zero-order chi connectivity index (χ0) is 11.1. The molecular weight excluding hydrogens is 184 g/mol. The summed E-state index contributed by atoms with van der Waals surface area (Å²) < 4.78 is 0. The van der Waals surface area contributed by atoms with Gasteiger partial charge in [0, 0.05) is 12.1 Å². The Labute approximate surface area is 95.0 Å². The molecule has 0 bridgehead atoms. The molecule has 0 aromatic carbocycles. The number of nitrogens with two attached hydrogens (primary N) is 1. The van der Waals surface area contributed by atoms with E-state index in [1.165, 1.54) is 51.5 Å². The predicted octanol–water partition coefficient (Wildman–Crippen LogP) is 2.67. The van der Waals surface area contributed by atoms with E-state index in [1.54, 1.807) is 0 Å². The largest absolute Gasteiger partial charge is 0.329 e. The van der Waals surface area contributed by atoms with Gasteiger partial charge in [-0.2, -0.15) is 0 Å². The van der Waals surface area contributed by atoms with Gasteiger partial charge in [0.1, 0.15) is 0 Å². The average molecular weight is 212 g/mol. The third-order valence-corrected chi connectivity index (χ3v) is 3.60. The standard InChI is InChI=1S/C13H28N2/c1-3-8-13(11-14,9-4-2)15-10-7-12-5-6-12/h12,15H,3-11,14H2,1-2H3. The second-order valence-corrected chi connectivity index (χ2v) is 5.14. The smallest absolute Gasteiger partial charge is 0.0303 e. The Morgan fingerprint density at radius 3 is 2.20 bits per heavy atom. The third kappa shape index (κ3) is 4.52. The van der Waals surface area contributed by atoms with Gasteiger partial charge in [-0.25, -0.2) is 0 Å². The highest BCUT2D eigenvalue weighted by molar-refractivity contribution is 4.89. The molecule has 3 N–H and O–H groups in total. The van der Waals surface area contributed by atoms with Crippen molar-refractivity contribution in [3.8, 4) is 0 Å². The molecule has 0 heterocycles. The van der Waals surface area contributed by atoms with Crippen LogP contribution in [0.5, 0.6) is 0 Å². The van der Waals surface area contributed by atoms with Gasteiger partial charge in [-0.15, -0.1) is 0 Å². The van der Waals surface area contributed by atoms with Crippen LogP contribution < -0.4 is 11.1 Å². The first-order chi connectivity index (χ1) is 7.26. The molecule has 0 spiro atoms. The molecule has 1 aliphatic rings. The molecule has 2 heteroatoms. The van der Waals surface area contributed by atoms with Crippen LogP contribution in [0.25, 0.3) is 0 Å². The fourth-order valence-electron chi connectivity index (χ4n) is 2.48. The number of hydrogen-bond acceptors (Lipinski definition) is 2. The van der Waals surface area contributed by atoms with E-state index in [9.17, 15) is 0 Å². The topological polar surface area (TPSA) is 38.0 Å². The van der Waals surface area contributed by atoms with Gasteiger partial charge in [-0.3, -0.25) is 0 Å². The van der Waals surface area contributed by atoms with Gasteiger partial charge in [-0.05, 0) is 31.7 Å². The normalized spacial score (nSPS) is 17.0. The van der Waals surface area contributed by atoms with Crippen molar-refractivity contribution in [2.75, 3.05) is 13.1 Å². The summed E-state index contributed by atoms with van der Waals surface area (Å²) in [5.41, 5.74) is 6.18. The van der Waals surface area contributed by atoms with Gasteiger partial charge in [0.2, 0.25) is 0 Å². The van der Waals surface area contributed by atoms with Crippen LogP contribution in [0.15, 0.2) is 0 Å². The minimum atomic E-state index is 0.235. The fraction of sp³-hybridized carbons (Fsp3) is 1.00. The van der Waals surface area contributed by atoms with E-state index in [2.05, 4.69) is 19.2 Å². The van der Waals surface area contributed by atoms with Crippen LogP contribution in [-0.2, 0) is 0 Å². The van der Waals surface area contributed by atoms with Gasteiger partial charge >= 0.3 is 0 Å². The van der Waals surface area contributed by atoms with Crippen LogP contribution in [-0.4, -0.2) is 18.6 Å². The van der Waals surface area contributed by atoms with E-state index in [0.29, 0.717) is 0 Å². The van der Waals surface area contributed by atoms with Crippen molar-refractivity contribution in [3.05, 3.63) is 0 Å². The first kappa shape index (κ1) is 13.0. The van der Waals surface area contributed by atoms with E-state index in [0.717, 1.165) is 12.5 Å². The molecule has 90 valence electrons. The highest BCUT2D eigenvalue weighted by Gasteiger charge is 2.27. The lowest BCUT2D eigenvalue weighted by molar-refractivity contribution is 0.280. The first-order valence-corrected chi connectivity index (χ1v) is 6.71. The molecular formula is C13H28N2. The summed E-state index contributed by atoms with van der Waals surface area (Å²) in [5, 5.41) is 3.73. The molecule has 1 rings (SSSR count). The minimum absolute atomic E-state index is 0.235. The SMILES string of the molecule is CCCC(CN)(CCC)NCCC1CC1. The lowest BCUT2D eigenvalue weighted by Crippen LogP contribution is -2.51. The molecule has 0 unspecified atom stereocenters.